The van der Waals surface area contributed by atoms with Crippen molar-refractivity contribution in [3.8, 4) is 5.75 Å². The van der Waals surface area contributed by atoms with Crippen LogP contribution in [0.2, 0.25) is 0 Å². The summed E-state index contributed by atoms with van der Waals surface area (Å²) in [6, 6.07) is 2.28. The lowest BCUT2D eigenvalue weighted by Crippen LogP contribution is -2.62. The number of aliphatic hydroxyl groups excluding tert-OH is 1. The van der Waals surface area contributed by atoms with Crippen molar-refractivity contribution in [1.29, 1.82) is 0 Å². The number of esters is 2. The number of hydrogen-bond donors (Lipinski definition) is 4. The number of phenolic OH excluding ortho intramolecular Hbond substituents is 1. The van der Waals surface area contributed by atoms with Gasteiger partial charge in [0.05, 0.1) is 24.6 Å². The standard InChI is InChI=1S/C35H44N2O12/c1-33-12-10-21(38)16-20(33)5-6-22-23-11-13-35(45,34(23,2)17-27(40)31(22)33)28(41)18-49-30(43)9-8-29(42)36-24(32(44)48-3)14-19-4-7-26(39)25(15-19)37(46)47/h4,7,15-16,22-24,27,31,39-40,45H,5-6,8-14,17-18H2,1-3H3,(H,36,42)/t22-,23+,24-,27-,31-,33-,34-,35-/m0/s1. The smallest absolute Gasteiger partial charge is 0.328 e. The first kappa shape index (κ1) is 36.1. The van der Waals surface area contributed by atoms with E-state index in [1.165, 1.54) is 6.07 Å². The van der Waals surface area contributed by atoms with Gasteiger partial charge in [0.1, 0.15) is 11.6 Å². The molecule has 0 spiro atoms. The van der Waals surface area contributed by atoms with Crippen molar-refractivity contribution in [1.82, 2.24) is 5.32 Å². The van der Waals surface area contributed by atoms with Gasteiger partial charge in [-0.1, -0.05) is 25.5 Å². The second-order valence-corrected chi connectivity index (χ2v) is 14.5. The van der Waals surface area contributed by atoms with Gasteiger partial charge in [-0.2, -0.15) is 0 Å². The molecule has 4 N–H and O–H groups in total. The number of carbonyl (C=O) groups is 5. The molecule has 3 saturated carbocycles. The van der Waals surface area contributed by atoms with Crippen molar-refractivity contribution in [2.45, 2.75) is 95.8 Å². The van der Waals surface area contributed by atoms with E-state index in [2.05, 4.69) is 12.2 Å². The van der Waals surface area contributed by atoms with Gasteiger partial charge >= 0.3 is 17.6 Å². The van der Waals surface area contributed by atoms with E-state index in [1.54, 1.807) is 6.08 Å². The third-order valence-corrected chi connectivity index (χ3v) is 11.9. The van der Waals surface area contributed by atoms with Gasteiger partial charge in [-0.15, -0.1) is 0 Å². The molecule has 1 aromatic carbocycles. The molecule has 1 amide bonds. The molecular weight excluding hydrogens is 640 g/mol. The second kappa shape index (κ2) is 13.6. The number of nitro groups is 1. The zero-order valence-electron chi connectivity index (χ0n) is 27.9. The van der Waals surface area contributed by atoms with E-state index in [-0.39, 0.29) is 53.8 Å². The van der Waals surface area contributed by atoms with Crippen LogP contribution in [0.5, 0.6) is 5.75 Å². The molecule has 4 aliphatic carbocycles. The van der Waals surface area contributed by atoms with Crippen LogP contribution in [0.4, 0.5) is 5.69 Å². The van der Waals surface area contributed by atoms with Crippen LogP contribution in [0, 0.1) is 38.7 Å². The highest BCUT2D eigenvalue weighted by Gasteiger charge is 2.68. The number of ether oxygens (including phenoxy) is 2. The topological polar surface area (TPSA) is 220 Å². The summed E-state index contributed by atoms with van der Waals surface area (Å²) in [7, 11) is 1.10. The molecule has 5 rings (SSSR count). The van der Waals surface area contributed by atoms with Crippen LogP contribution in [0.25, 0.3) is 0 Å². The number of aromatic hydroxyl groups is 1. The lowest BCUT2D eigenvalue weighted by molar-refractivity contribution is -0.385. The van der Waals surface area contributed by atoms with Gasteiger partial charge in [0.15, 0.2) is 18.1 Å². The SMILES string of the molecule is COC(=O)[C@H](Cc1ccc(O)c([N+](=O)[O-])c1)NC(=O)CCC(=O)OCC(=O)[C@@]1(O)CC[C@@H]2[C@@H]3CCC4=CC(=O)CC[C@]4(C)[C@@H]3[C@@H](O)C[C@@]21C. The molecule has 0 saturated heterocycles. The summed E-state index contributed by atoms with van der Waals surface area (Å²) in [5.74, 6) is -3.60. The lowest BCUT2D eigenvalue weighted by Gasteiger charge is -2.60. The molecule has 14 nitrogen and oxygen atoms in total. The molecule has 1 aromatic rings. The molecule has 4 aliphatic rings. The fraction of sp³-hybridized carbons (Fsp3) is 0.629. The van der Waals surface area contributed by atoms with E-state index in [0.717, 1.165) is 37.7 Å². The van der Waals surface area contributed by atoms with Crippen LogP contribution < -0.4 is 5.32 Å². The number of carbonyl (C=O) groups excluding carboxylic acids is 5. The summed E-state index contributed by atoms with van der Waals surface area (Å²) in [6.45, 7) is 3.25. The number of allylic oxidation sites excluding steroid dienone is 1. The molecule has 0 aliphatic heterocycles. The van der Waals surface area contributed by atoms with Crippen LogP contribution >= 0.6 is 0 Å². The zero-order chi connectivity index (χ0) is 35.9. The van der Waals surface area contributed by atoms with E-state index >= 15 is 0 Å². The largest absolute Gasteiger partial charge is 0.502 e. The van der Waals surface area contributed by atoms with E-state index in [1.807, 2.05) is 6.92 Å². The Hall–Kier alpha value is -4.17. The van der Waals surface area contributed by atoms with Crippen molar-refractivity contribution < 1.29 is 53.7 Å². The quantitative estimate of drug-likeness (QED) is 0.150. The minimum Gasteiger partial charge on any atom is -0.502 e. The molecule has 0 bridgehead atoms. The van der Waals surface area contributed by atoms with E-state index in [9.17, 15) is 49.4 Å². The average molecular weight is 685 g/mol. The van der Waals surface area contributed by atoms with Crippen LogP contribution in [-0.2, 0) is 39.9 Å². The number of Topliss-reactive ketones (excluding diaryl/α,β-unsaturated/α-hetero) is 1. The molecule has 0 unspecified atom stereocenters. The molecule has 49 heavy (non-hydrogen) atoms. The van der Waals surface area contributed by atoms with Crippen LogP contribution in [0.1, 0.15) is 77.2 Å². The number of phenols is 1. The Balaban J connectivity index is 1.16. The third kappa shape index (κ3) is 6.60. The highest BCUT2D eigenvalue weighted by atomic mass is 16.6. The number of amides is 1. The van der Waals surface area contributed by atoms with Crippen molar-refractivity contribution in [2.75, 3.05) is 13.7 Å². The number of nitrogens with zero attached hydrogens (tertiary/aromatic N) is 1. The second-order valence-electron chi connectivity index (χ2n) is 14.5. The van der Waals surface area contributed by atoms with Gasteiger partial charge in [-0.05, 0) is 79.4 Å². The van der Waals surface area contributed by atoms with E-state index in [4.69, 9.17) is 9.47 Å². The summed E-state index contributed by atoms with van der Waals surface area (Å²) < 4.78 is 9.92. The Morgan fingerprint density at radius 2 is 1.86 bits per heavy atom. The number of benzene rings is 1. The fourth-order valence-corrected chi connectivity index (χ4v) is 9.38. The number of fused-ring (bicyclic) bond motifs is 5. The molecule has 8 atom stereocenters. The maximum atomic E-state index is 13.5. The first-order chi connectivity index (χ1) is 23.0. The minimum absolute atomic E-state index is 0.0410. The highest BCUT2D eigenvalue weighted by Crippen LogP contribution is 2.67. The monoisotopic (exact) mass is 684 g/mol. The average Bonchev–Trinajstić information content (AvgIpc) is 3.33. The molecular formula is C35H44N2O12. The number of nitrogens with one attached hydrogen (secondary N) is 1. The number of methoxy groups -OCH3 is 1. The van der Waals surface area contributed by atoms with Crippen molar-refractivity contribution in [3.05, 3.63) is 45.5 Å². The first-order valence-corrected chi connectivity index (χ1v) is 16.7. The van der Waals surface area contributed by atoms with E-state index in [0.29, 0.717) is 19.3 Å². The number of rotatable bonds is 11. The van der Waals surface area contributed by atoms with Crippen molar-refractivity contribution in [2.24, 2.45) is 28.6 Å². The van der Waals surface area contributed by atoms with E-state index < -0.39 is 82.6 Å². The van der Waals surface area contributed by atoms with Crippen LogP contribution in [-0.4, -0.2) is 81.1 Å². The molecule has 266 valence electrons. The first-order valence-electron chi connectivity index (χ1n) is 16.7. The lowest BCUT2D eigenvalue weighted by atomic mass is 9.45. The predicted octanol–water partition coefficient (Wildman–Crippen LogP) is 2.63. The zero-order valence-corrected chi connectivity index (χ0v) is 27.9. The molecule has 0 heterocycles. The molecule has 0 radical (unpaired) electrons. The fourth-order valence-electron chi connectivity index (χ4n) is 9.38. The molecule has 14 heteroatoms. The maximum Gasteiger partial charge on any atom is 0.328 e. The Kier molecular flexibility index (Phi) is 10.0. The third-order valence-electron chi connectivity index (χ3n) is 11.9. The van der Waals surface area contributed by atoms with Gasteiger partial charge in [0.2, 0.25) is 11.7 Å². The Morgan fingerprint density at radius 1 is 1.12 bits per heavy atom. The summed E-state index contributed by atoms with van der Waals surface area (Å²) in [6.07, 6.45) is 3.47. The summed E-state index contributed by atoms with van der Waals surface area (Å²) in [4.78, 5) is 73.6. The van der Waals surface area contributed by atoms with Gasteiger partial charge in [0, 0.05) is 30.7 Å². The Labute approximate surface area is 283 Å². The summed E-state index contributed by atoms with van der Waals surface area (Å²) >= 11 is 0. The number of nitro benzene ring substituents is 1. The predicted molar refractivity (Wildman–Crippen MR) is 171 cm³/mol. The number of hydrogen-bond acceptors (Lipinski definition) is 12. The van der Waals surface area contributed by atoms with Gasteiger partial charge < -0.3 is 30.1 Å². The van der Waals surface area contributed by atoms with Crippen molar-refractivity contribution in [3.63, 3.8) is 0 Å². The van der Waals surface area contributed by atoms with Crippen molar-refractivity contribution >= 4 is 35.1 Å². The van der Waals surface area contributed by atoms with Crippen LogP contribution in [0.3, 0.4) is 0 Å². The molecule has 3 fully saturated rings. The highest BCUT2D eigenvalue weighted by molar-refractivity contribution is 5.92. The summed E-state index contributed by atoms with van der Waals surface area (Å²) in [5.41, 5.74) is -2.30. The number of aliphatic hydroxyl groups is 2. The Bertz CT molecular complexity index is 1590. The van der Waals surface area contributed by atoms with Gasteiger partial charge in [-0.25, -0.2) is 4.79 Å². The van der Waals surface area contributed by atoms with Gasteiger partial charge in [0.25, 0.3) is 0 Å². The maximum absolute atomic E-state index is 13.5. The minimum atomic E-state index is -1.82. The van der Waals surface area contributed by atoms with Crippen LogP contribution in [0.15, 0.2) is 29.8 Å². The molecule has 0 aromatic heterocycles. The summed E-state index contributed by atoms with van der Waals surface area (Å²) in [5, 5.41) is 46.7. The van der Waals surface area contributed by atoms with Gasteiger partial charge in [-0.3, -0.25) is 29.3 Å². The normalized spacial score (nSPS) is 32.4. The Morgan fingerprint density at radius 3 is 2.55 bits per heavy atom. The number of ketones is 2.